The van der Waals surface area contributed by atoms with E-state index in [0.717, 1.165) is 28.7 Å². The van der Waals surface area contributed by atoms with Crippen molar-refractivity contribution >= 4 is 28.0 Å². The van der Waals surface area contributed by atoms with Gasteiger partial charge in [0, 0.05) is 55.5 Å². The molecule has 8 heteroatoms. The number of benzene rings is 2. The van der Waals surface area contributed by atoms with Crippen LogP contribution in [0.5, 0.6) is 0 Å². The molecule has 2 heterocycles. The number of non-ortho nitro benzene ring substituents is 2. The maximum atomic E-state index is 10.7. The summed E-state index contributed by atoms with van der Waals surface area (Å²) in [6, 6.07) is 12.3. The van der Waals surface area contributed by atoms with Crippen LogP contribution in [0.3, 0.4) is 0 Å². The molecular weight excluding hydrogens is 420 g/mol. The van der Waals surface area contributed by atoms with Crippen LogP contribution in [-0.4, -0.2) is 20.9 Å². The number of nitrogens with zero attached hydrogens (tertiary/aromatic N) is 2. The summed E-state index contributed by atoms with van der Waals surface area (Å²) in [4.78, 5) is 23.8. The van der Waals surface area contributed by atoms with E-state index in [4.69, 9.17) is 2.97 Å². The average Bonchev–Trinajstić information content (AvgIpc) is 3.38. The van der Waals surface area contributed by atoms with Crippen LogP contribution >= 0.6 is 0 Å². The molecule has 8 nitrogen and oxygen atoms in total. The molecule has 0 saturated heterocycles. The lowest BCUT2D eigenvalue weighted by atomic mass is 9.85. The number of nitrogens with one attached hydrogen (secondary N) is 2. The van der Waals surface area contributed by atoms with Gasteiger partial charge in [-0.2, -0.15) is 0 Å². The summed E-state index contributed by atoms with van der Waals surface area (Å²) in [5, 5.41) is 25.7. The van der Waals surface area contributed by atoms with Crippen LogP contribution in [0.25, 0.3) is 10.9 Å². The van der Waals surface area contributed by atoms with Gasteiger partial charge in [0.2, 0.25) is 0 Å². The van der Waals surface area contributed by atoms with E-state index in [9.17, 15) is 20.2 Å². The van der Waals surface area contributed by atoms with E-state index >= 15 is 0 Å². The monoisotopic (exact) mass is 458 g/mol. The summed E-state index contributed by atoms with van der Waals surface area (Å²) in [5.41, 5.74) is 4.44. The van der Waals surface area contributed by atoms with E-state index in [2.05, 4.69) is 51.8 Å². The van der Waals surface area contributed by atoms with Crippen molar-refractivity contribution in [3.63, 3.8) is 0 Å². The smallest absolute Gasteiger partial charge is 0.271 e. The van der Waals surface area contributed by atoms with E-state index in [1.807, 2.05) is 12.1 Å². The number of fused-ring (bicyclic) bond motifs is 2. The standard InChI is InChI=1S/C12H16N2O2.C12H14N2O2.CH4.H2/c2*1-12(2,3)11-6-8-4-5-9(14(15)16)7-10(8)13-11;;/h4-5,7,11,13H,6H2,1-3H3;4-7,13H,1-3H3;1H4;1H/i;;;1+1D. The molecule has 0 amide bonds. The first kappa shape index (κ1) is 24.2. The molecule has 0 saturated carbocycles. The number of hydrogen-bond donors (Lipinski definition) is 2. The molecule has 4 rings (SSSR count). The van der Waals surface area contributed by atoms with Crippen molar-refractivity contribution in [3.8, 4) is 0 Å². The molecule has 33 heavy (non-hydrogen) atoms. The second-order valence-electron chi connectivity index (χ2n) is 10.3. The normalized spacial score (nSPS) is 15.3. The molecule has 0 fully saturated rings. The predicted molar refractivity (Wildman–Crippen MR) is 136 cm³/mol. The lowest BCUT2D eigenvalue weighted by Crippen LogP contribution is -2.31. The lowest BCUT2D eigenvalue weighted by Gasteiger charge is -2.27. The van der Waals surface area contributed by atoms with Crippen LogP contribution < -0.4 is 5.32 Å². The molecular formula is C25H36N4O4. The van der Waals surface area contributed by atoms with Gasteiger partial charge in [0.05, 0.1) is 15.4 Å². The molecule has 3 aromatic rings. The van der Waals surface area contributed by atoms with E-state index < -0.39 is 0 Å². The molecule has 0 bridgehead atoms. The van der Waals surface area contributed by atoms with Crippen molar-refractivity contribution < 1.29 is 12.8 Å². The average molecular weight is 459 g/mol. The van der Waals surface area contributed by atoms with Gasteiger partial charge >= 0.3 is 0 Å². The van der Waals surface area contributed by atoms with E-state index in [-0.39, 0.29) is 39.5 Å². The minimum absolute atomic E-state index is 0. The zero-order valence-electron chi connectivity index (χ0n) is 21.4. The highest BCUT2D eigenvalue weighted by Crippen LogP contribution is 2.36. The van der Waals surface area contributed by atoms with E-state index in [1.165, 1.54) is 11.6 Å². The van der Waals surface area contributed by atoms with E-state index in [0.29, 0.717) is 6.04 Å². The number of nitro groups is 2. The molecule has 1 unspecified atom stereocenters. The zero-order valence-corrected chi connectivity index (χ0v) is 19.4. The highest BCUT2D eigenvalue weighted by molar-refractivity contribution is 5.82. The molecule has 2 N–H and O–H groups in total. The topological polar surface area (TPSA) is 114 Å². The van der Waals surface area contributed by atoms with Gasteiger partial charge in [0.1, 0.15) is 0 Å². The van der Waals surface area contributed by atoms with Crippen LogP contribution in [0.15, 0.2) is 42.5 Å². The number of aromatic nitrogens is 1. The van der Waals surface area contributed by atoms with Crippen molar-refractivity contribution in [2.45, 2.75) is 66.8 Å². The van der Waals surface area contributed by atoms with Crippen LogP contribution in [0, 0.1) is 25.6 Å². The number of hydrogen-bond acceptors (Lipinski definition) is 5. The van der Waals surface area contributed by atoms with Crippen molar-refractivity contribution in [3.05, 3.63) is 74.0 Å². The van der Waals surface area contributed by atoms with Gasteiger partial charge in [0.15, 0.2) is 0 Å². The number of nitro benzene ring substituents is 2. The van der Waals surface area contributed by atoms with Crippen LogP contribution in [0.4, 0.5) is 17.1 Å². The van der Waals surface area contributed by atoms with Gasteiger partial charge < -0.3 is 10.3 Å². The van der Waals surface area contributed by atoms with Gasteiger partial charge in [-0.3, -0.25) is 20.2 Å². The molecule has 0 spiro atoms. The number of anilines is 1. The molecule has 180 valence electrons. The first-order valence-corrected chi connectivity index (χ1v) is 10.6. The van der Waals surface area contributed by atoms with Gasteiger partial charge in [0.25, 0.3) is 11.4 Å². The quantitative estimate of drug-likeness (QED) is 0.310. The Kier molecular flexibility index (Phi) is 6.76. The summed E-state index contributed by atoms with van der Waals surface area (Å²) in [5.74, 6) is 0. The third-order valence-electron chi connectivity index (χ3n) is 5.73. The largest absolute Gasteiger partial charge is 0.381 e. The number of H-pyrrole nitrogens is 1. The molecule has 0 aliphatic carbocycles. The maximum absolute atomic E-state index is 10.7. The Morgan fingerprint density at radius 3 is 2.06 bits per heavy atom. The molecule has 1 atom stereocenters. The Bertz CT molecular complexity index is 1180. The van der Waals surface area contributed by atoms with Crippen molar-refractivity contribution in [2.24, 2.45) is 5.41 Å². The fourth-order valence-corrected chi connectivity index (χ4v) is 3.60. The third kappa shape index (κ3) is 5.88. The third-order valence-corrected chi connectivity index (χ3v) is 5.73. The second kappa shape index (κ2) is 9.21. The maximum Gasteiger partial charge on any atom is 0.271 e. The molecule has 1 aromatic heterocycles. The Hall–Kier alpha value is -3.42. The molecule has 0 radical (unpaired) electrons. The second-order valence-corrected chi connectivity index (χ2v) is 10.3. The number of rotatable bonds is 2. The fraction of sp³-hybridized carbons (Fsp3) is 0.440. The van der Waals surface area contributed by atoms with Gasteiger partial charge in [-0.25, -0.2) is 0 Å². The lowest BCUT2D eigenvalue weighted by molar-refractivity contribution is -0.384. The molecule has 1 aliphatic heterocycles. The first-order chi connectivity index (χ1) is 15.8. The SMILES string of the molecule is C.CC(C)(C)C1Cc2ccc([N+](=O)[O-])cc2N1.CC(C)(C)c1cc2ccc([N+](=O)[O-])cc2[nH]1.[2H][2H]. The molecule has 1 aliphatic rings. The summed E-state index contributed by atoms with van der Waals surface area (Å²) in [6.07, 6.45) is 0.941. The van der Waals surface area contributed by atoms with E-state index in [1.54, 1.807) is 24.3 Å². The van der Waals surface area contributed by atoms with Crippen molar-refractivity contribution in [1.29, 1.82) is 0 Å². The van der Waals surface area contributed by atoms with Gasteiger partial charge in [-0.05, 0) is 29.5 Å². The van der Waals surface area contributed by atoms with Crippen LogP contribution in [-0.2, 0) is 11.8 Å². The summed E-state index contributed by atoms with van der Waals surface area (Å²) in [7, 11) is 0. The summed E-state index contributed by atoms with van der Waals surface area (Å²) < 4.78 is 10.0. The summed E-state index contributed by atoms with van der Waals surface area (Å²) >= 11 is 0. The Labute approximate surface area is 197 Å². The van der Waals surface area contributed by atoms with Gasteiger partial charge in [-0.15, -0.1) is 0 Å². The highest BCUT2D eigenvalue weighted by Gasteiger charge is 2.31. The molecule has 2 aromatic carbocycles. The van der Waals surface area contributed by atoms with Gasteiger partial charge in [-0.1, -0.05) is 55.0 Å². The zero-order chi connectivity index (χ0) is 25.8. The number of aromatic amines is 1. The first-order valence-electron chi connectivity index (χ1n) is 11.6. The Morgan fingerprint density at radius 2 is 1.52 bits per heavy atom. The fourth-order valence-electron chi connectivity index (χ4n) is 3.60. The minimum Gasteiger partial charge on any atom is -0.381 e. The predicted octanol–water partition coefficient (Wildman–Crippen LogP) is 7.23. The summed E-state index contributed by atoms with van der Waals surface area (Å²) in [6.45, 7) is 12.8. The Morgan fingerprint density at radius 1 is 0.939 bits per heavy atom. The van der Waals surface area contributed by atoms with Crippen LogP contribution in [0.1, 0.15) is 63.2 Å². The highest BCUT2D eigenvalue weighted by atomic mass is 16.6. The minimum atomic E-state index is -0.378. The van der Waals surface area contributed by atoms with Crippen LogP contribution in [0.2, 0.25) is 0 Å². The Balaban J connectivity index is 0.000000318. The van der Waals surface area contributed by atoms with Crippen molar-refractivity contribution in [1.82, 2.24) is 4.98 Å². The van der Waals surface area contributed by atoms with Crippen molar-refractivity contribution in [2.75, 3.05) is 5.32 Å².